The summed E-state index contributed by atoms with van der Waals surface area (Å²) in [7, 11) is 0. The molecule has 0 N–H and O–H groups in total. The van der Waals surface area contributed by atoms with Gasteiger partial charge in [0.05, 0.1) is 0 Å². The van der Waals surface area contributed by atoms with Gasteiger partial charge in [-0.3, -0.25) is 0 Å². The zero-order valence-corrected chi connectivity index (χ0v) is 10.5. The van der Waals surface area contributed by atoms with Gasteiger partial charge in [-0.05, 0) is 48.1 Å². The molecule has 0 saturated heterocycles. The molecule has 0 spiro atoms. The van der Waals surface area contributed by atoms with E-state index in [-0.39, 0.29) is 0 Å². The van der Waals surface area contributed by atoms with Gasteiger partial charge in [-0.25, -0.2) is 0 Å². The molecule has 2 rings (SSSR count). The Bertz CT molecular complexity index is 510. The maximum atomic E-state index is 4.14. The highest BCUT2D eigenvalue weighted by atomic mass is 14.1. The van der Waals surface area contributed by atoms with Crippen LogP contribution in [0.15, 0.2) is 71.9 Å². The van der Waals surface area contributed by atoms with Crippen LogP contribution in [-0.4, -0.2) is 0 Å². The first-order valence-corrected chi connectivity index (χ1v) is 5.98. The Morgan fingerprint density at radius 1 is 1.24 bits per heavy atom. The van der Waals surface area contributed by atoms with Gasteiger partial charge >= 0.3 is 0 Å². The highest BCUT2D eigenvalue weighted by Crippen LogP contribution is 2.27. The van der Waals surface area contributed by atoms with Gasteiger partial charge in [0.25, 0.3) is 0 Å². The summed E-state index contributed by atoms with van der Waals surface area (Å²) in [5.74, 6) is 0. The number of benzene rings is 1. The van der Waals surface area contributed by atoms with E-state index >= 15 is 0 Å². The van der Waals surface area contributed by atoms with Gasteiger partial charge in [-0.2, -0.15) is 0 Å². The van der Waals surface area contributed by atoms with Crippen LogP contribution in [0.25, 0.3) is 5.57 Å². The normalized spacial score (nSPS) is 16.6. The van der Waals surface area contributed by atoms with Crippen molar-refractivity contribution in [1.29, 1.82) is 0 Å². The predicted molar refractivity (Wildman–Crippen MR) is 75.7 cm³/mol. The third-order valence-electron chi connectivity index (χ3n) is 3.13. The lowest BCUT2D eigenvalue weighted by atomic mass is 9.91. The molecule has 0 nitrogen and oxygen atoms in total. The van der Waals surface area contributed by atoms with E-state index in [0.29, 0.717) is 0 Å². The summed E-state index contributed by atoms with van der Waals surface area (Å²) in [4.78, 5) is 0. The summed E-state index contributed by atoms with van der Waals surface area (Å²) < 4.78 is 0. The summed E-state index contributed by atoms with van der Waals surface area (Å²) in [6.45, 7) is 8.44. The van der Waals surface area contributed by atoms with Crippen LogP contribution in [0.4, 0.5) is 0 Å². The molecule has 1 aromatic rings. The molecule has 0 fully saturated rings. The lowest BCUT2D eigenvalue weighted by Crippen LogP contribution is -1.94. The predicted octanol–water partition coefficient (Wildman–Crippen LogP) is 4.92. The van der Waals surface area contributed by atoms with Crippen LogP contribution in [0.1, 0.15) is 25.8 Å². The van der Waals surface area contributed by atoms with Crippen molar-refractivity contribution in [1.82, 2.24) is 0 Å². The van der Waals surface area contributed by atoms with Gasteiger partial charge < -0.3 is 0 Å². The van der Waals surface area contributed by atoms with Gasteiger partial charge in [0.1, 0.15) is 0 Å². The number of allylic oxidation sites excluding steroid dienone is 7. The Morgan fingerprint density at radius 3 is 2.59 bits per heavy atom. The minimum absolute atomic E-state index is 0.964. The van der Waals surface area contributed by atoms with Crippen LogP contribution in [0, 0.1) is 0 Å². The summed E-state index contributed by atoms with van der Waals surface area (Å²) in [5, 5.41) is 0. The third kappa shape index (κ3) is 2.65. The van der Waals surface area contributed by atoms with E-state index < -0.39 is 0 Å². The zero-order chi connectivity index (χ0) is 12.3. The van der Waals surface area contributed by atoms with Crippen molar-refractivity contribution in [2.75, 3.05) is 0 Å². The maximum Gasteiger partial charge on any atom is -0.00941 e. The lowest BCUT2D eigenvalue weighted by Gasteiger charge is -2.14. The van der Waals surface area contributed by atoms with Crippen molar-refractivity contribution < 1.29 is 0 Å². The van der Waals surface area contributed by atoms with Crippen LogP contribution in [0.2, 0.25) is 0 Å². The molecule has 1 aliphatic carbocycles. The fourth-order valence-electron chi connectivity index (χ4n) is 2.07. The molecule has 0 unspecified atom stereocenters. The highest BCUT2D eigenvalue weighted by molar-refractivity contribution is 5.69. The molecular formula is C17H18. The second-order valence-corrected chi connectivity index (χ2v) is 4.50. The SMILES string of the molecule is C=C1CC=CC(C)=C1/C=C(\C)c1ccccc1. The van der Waals surface area contributed by atoms with E-state index in [9.17, 15) is 0 Å². The first kappa shape index (κ1) is 11.7. The van der Waals surface area contributed by atoms with E-state index in [1.165, 1.54) is 27.9 Å². The summed E-state index contributed by atoms with van der Waals surface area (Å²) in [6, 6.07) is 10.5. The molecule has 0 saturated carbocycles. The Hall–Kier alpha value is -1.82. The fourth-order valence-corrected chi connectivity index (χ4v) is 2.07. The van der Waals surface area contributed by atoms with Crippen molar-refractivity contribution in [2.24, 2.45) is 0 Å². The molecule has 86 valence electrons. The van der Waals surface area contributed by atoms with Crippen LogP contribution >= 0.6 is 0 Å². The average Bonchev–Trinajstić information content (AvgIpc) is 2.35. The molecule has 0 heteroatoms. The van der Waals surface area contributed by atoms with Crippen molar-refractivity contribution in [3.05, 3.63) is 77.4 Å². The second-order valence-electron chi connectivity index (χ2n) is 4.50. The molecule has 0 radical (unpaired) electrons. The summed E-state index contributed by atoms with van der Waals surface area (Å²) >= 11 is 0. The quantitative estimate of drug-likeness (QED) is 0.666. The van der Waals surface area contributed by atoms with Gasteiger partial charge in [0.2, 0.25) is 0 Å². The fraction of sp³-hybridized carbons (Fsp3) is 0.176. The van der Waals surface area contributed by atoms with E-state index in [2.05, 4.69) is 62.9 Å². The van der Waals surface area contributed by atoms with Gasteiger partial charge in [-0.1, -0.05) is 55.1 Å². The van der Waals surface area contributed by atoms with Crippen LogP contribution < -0.4 is 0 Å². The highest BCUT2D eigenvalue weighted by Gasteiger charge is 2.07. The average molecular weight is 222 g/mol. The van der Waals surface area contributed by atoms with E-state index in [1.807, 2.05) is 6.07 Å². The lowest BCUT2D eigenvalue weighted by molar-refractivity contribution is 1.19. The van der Waals surface area contributed by atoms with Gasteiger partial charge in [0, 0.05) is 0 Å². The Morgan fingerprint density at radius 2 is 1.94 bits per heavy atom. The Kier molecular flexibility index (Phi) is 3.43. The zero-order valence-electron chi connectivity index (χ0n) is 10.5. The van der Waals surface area contributed by atoms with Crippen molar-refractivity contribution in [2.45, 2.75) is 20.3 Å². The molecule has 0 amide bonds. The third-order valence-corrected chi connectivity index (χ3v) is 3.13. The summed E-state index contributed by atoms with van der Waals surface area (Å²) in [6.07, 6.45) is 7.56. The van der Waals surface area contributed by atoms with Crippen LogP contribution in [-0.2, 0) is 0 Å². The van der Waals surface area contributed by atoms with E-state index in [0.717, 1.165) is 6.42 Å². The molecule has 1 aliphatic rings. The Labute approximate surface area is 104 Å². The van der Waals surface area contributed by atoms with Gasteiger partial charge in [0.15, 0.2) is 0 Å². The minimum atomic E-state index is 0.964. The smallest absolute Gasteiger partial charge is 0.00941 e. The van der Waals surface area contributed by atoms with Crippen molar-refractivity contribution >= 4 is 5.57 Å². The van der Waals surface area contributed by atoms with Crippen molar-refractivity contribution in [3.8, 4) is 0 Å². The van der Waals surface area contributed by atoms with Crippen LogP contribution in [0.3, 0.4) is 0 Å². The second kappa shape index (κ2) is 5.01. The largest absolute Gasteiger partial charge is 0.0949 e. The van der Waals surface area contributed by atoms with Gasteiger partial charge in [-0.15, -0.1) is 0 Å². The molecule has 0 bridgehead atoms. The molecule has 17 heavy (non-hydrogen) atoms. The number of hydrogen-bond acceptors (Lipinski definition) is 0. The number of hydrogen-bond donors (Lipinski definition) is 0. The molecule has 0 aliphatic heterocycles. The molecule has 0 atom stereocenters. The Balaban J connectivity index is 2.37. The summed E-state index contributed by atoms with van der Waals surface area (Å²) in [5.41, 5.74) is 6.36. The first-order valence-electron chi connectivity index (χ1n) is 5.98. The van der Waals surface area contributed by atoms with E-state index in [4.69, 9.17) is 0 Å². The maximum absolute atomic E-state index is 4.14. The topological polar surface area (TPSA) is 0 Å². The first-order chi connectivity index (χ1) is 8.18. The standard InChI is InChI=1S/C17H18/c1-13-8-7-9-14(2)17(13)12-15(3)16-10-5-4-6-11-16/h4-7,9-12H,1,8H2,2-3H3/b15-12+. The minimum Gasteiger partial charge on any atom is -0.0949 e. The molecule has 1 aromatic carbocycles. The van der Waals surface area contributed by atoms with E-state index in [1.54, 1.807) is 0 Å². The van der Waals surface area contributed by atoms with Crippen molar-refractivity contribution in [3.63, 3.8) is 0 Å². The molecule has 0 heterocycles. The number of rotatable bonds is 2. The van der Waals surface area contributed by atoms with Crippen LogP contribution in [0.5, 0.6) is 0 Å². The molecule has 0 aromatic heterocycles. The monoisotopic (exact) mass is 222 g/mol. The molecular weight excluding hydrogens is 204 g/mol.